The summed E-state index contributed by atoms with van der Waals surface area (Å²) in [4.78, 5) is 16.7. The normalized spacial score (nSPS) is 10.9. The maximum absolute atomic E-state index is 14.2. The number of pyridine rings is 1. The number of fused-ring (bicyclic) bond motifs is 1. The van der Waals surface area contributed by atoms with Crippen molar-refractivity contribution in [2.75, 3.05) is 16.4 Å². The Morgan fingerprint density at radius 1 is 1.23 bits per heavy atom. The summed E-state index contributed by atoms with van der Waals surface area (Å²) < 4.78 is 19.9. The molecular formula is C22H19FN4O3. The highest BCUT2D eigenvalue weighted by molar-refractivity contribution is 6.06. The predicted octanol–water partition coefficient (Wildman–Crippen LogP) is 4.43. The van der Waals surface area contributed by atoms with Crippen molar-refractivity contribution in [2.24, 2.45) is 0 Å². The van der Waals surface area contributed by atoms with E-state index in [4.69, 9.17) is 10.2 Å². The number of benzene rings is 2. The molecule has 5 N–H and O–H groups in total. The summed E-state index contributed by atoms with van der Waals surface area (Å²) >= 11 is 0. The molecule has 0 fully saturated rings. The number of hydrogen-bond acceptors (Lipinski definition) is 6. The van der Waals surface area contributed by atoms with Gasteiger partial charge in [0.15, 0.2) is 5.76 Å². The van der Waals surface area contributed by atoms with E-state index in [2.05, 4.69) is 15.6 Å². The second-order valence-corrected chi connectivity index (χ2v) is 6.79. The number of aryl methyl sites for hydroxylation is 1. The number of carbonyl (C=O) groups is 1. The second kappa shape index (κ2) is 7.75. The van der Waals surface area contributed by atoms with Crippen molar-refractivity contribution < 1.29 is 18.7 Å². The van der Waals surface area contributed by atoms with E-state index < -0.39 is 11.7 Å². The van der Waals surface area contributed by atoms with E-state index in [1.807, 2.05) is 0 Å². The zero-order valence-corrected chi connectivity index (χ0v) is 16.1. The molecule has 0 spiro atoms. The van der Waals surface area contributed by atoms with Gasteiger partial charge in [-0.2, -0.15) is 0 Å². The minimum absolute atomic E-state index is 0.0864. The van der Waals surface area contributed by atoms with Crippen molar-refractivity contribution in [2.45, 2.75) is 13.5 Å². The van der Waals surface area contributed by atoms with Crippen LogP contribution < -0.4 is 16.4 Å². The first-order chi connectivity index (χ1) is 14.4. The van der Waals surface area contributed by atoms with E-state index in [1.54, 1.807) is 31.3 Å². The maximum Gasteiger partial charge on any atom is 0.291 e. The molecule has 2 aromatic carbocycles. The third-order valence-electron chi connectivity index (χ3n) is 4.74. The minimum atomic E-state index is -0.467. The number of amides is 1. The van der Waals surface area contributed by atoms with Crippen LogP contribution in [0.2, 0.25) is 0 Å². The molecule has 1 amide bonds. The smallest absolute Gasteiger partial charge is 0.291 e. The average molecular weight is 406 g/mol. The predicted molar refractivity (Wildman–Crippen MR) is 113 cm³/mol. The van der Waals surface area contributed by atoms with Gasteiger partial charge in [-0.05, 0) is 55.5 Å². The Bertz CT molecular complexity index is 1250. The molecule has 0 bridgehead atoms. The monoisotopic (exact) mass is 406 g/mol. The average Bonchev–Trinajstić information content (AvgIpc) is 3.05. The standard InChI is InChI=1S/C22H19FN4O3/c1-12-16-10-15(28)5-7-19(16)30-20(12)22(29)27-14-4-6-17(23)13(9-14)11-26-18-3-2-8-25-21(18)24/h2-10,26,28H,11H2,1H3,(H2,24,25)(H,27,29). The van der Waals surface area contributed by atoms with E-state index in [0.29, 0.717) is 39.3 Å². The Morgan fingerprint density at radius 3 is 2.87 bits per heavy atom. The highest BCUT2D eigenvalue weighted by Crippen LogP contribution is 2.29. The number of carbonyl (C=O) groups excluding carboxylic acids is 1. The van der Waals surface area contributed by atoms with Crippen molar-refractivity contribution in [3.63, 3.8) is 0 Å². The topological polar surface area (TPSA) is 113 Å². The molecule has 0 radical (unpaired) electrons. The molecule has 30 heavy (non-hydrogen) atoms. The molecule has 0 saturated carbocycles. The van der Waals surface area contributed by atoms with Crippen LogP contribution in [0.3, 0.4) is 0 Å². The first-order valence-electron chi connectivity index (χ1n) is 9.18. The Morgan fingerprint density at radius 2 is 2.07 bits per heavy atom. The largest absolute Gasteiger partial charge is 0.508 e. The van der Waals surface area contributed by atoms with E-state index in [9.17, 15) is 14.3 Å². The van der Waals surface area contributed by atoms with Gasteiger partial charge in [-0.25, -0.2) is 9.37 Å². The van der Waals surface area contributed by atoms with Gasteiger partial charge < -0.3 is 25.9 Å². The summed E-state index contributed by atoms with van der Waals surface area (Å²) in [5.41, 5.74) is 8.24. The van der Waals surface area contributed by atoms with Gasteiger partial charge in [-0.1, -0.05) is 0 Å². The van der Waals surface area contributed by atoms with Gasteiger partial charge >= 0.3 is 0 Å². The Labute approximate surface area is 171 Å². The molecule has 7 nitrogen and oxygen atoms in total. The van der Waals surface area contributed by atoms with Crippen molar-refractivity contribution in [3.8, 4) is 5.75 Å². The Hall–Kier alpha value is -4.07. The first-order valence-corrected chi connectivity index (χ1v) is 9.18. The Kier molecular flexibility index (Phi) is 4.97. The molecule has 152 valence electrons. The van der Waals surface area contributed by atoms with Crippen molar-refractivity contribution >= 4 is 34.1 Å². The molecule has 2 heterocycles. The number of furan rings is 1. The van der Waals surface area contributed by atoms with Gasteiger partial charge in [-0.3, -0.25) is 4.79 Å². The zero-order chi connectivity index (χ0) is 21.3. The van der Waals surface area contributed by atoms with E-state index in [0.717, 1.165) is 0 Å². The fourth-order valence-corrected chi connectivity index (χ4v) is 3.16. The number of phenols is 1. The van der Waals surface area contributed by atoms with Crippen LogP contribution in [-0.2, 0) is 6.54 Å². The lowest BCUT2D eigenvalue weighted by molar-refractivity contribution is 0.0998. The maximum atomic E-state index is 14.2. The van der Waals surface area contributed by atoms with E-state index >= 15 is 0 Å². The van der Waals surface area contributed by atoms with Gasteiger partial charge in [0.05, 0.1) is 5.69 Å². The molecule has 0 saturated heterocycles. The number of halogens is 1. The van der Waals surface area contributed by atoms with Crippen LogP contribution in [0.5, 0.6) is 5.75 Å². The number of aromatic hydroxyl groups is 1. The van der Waals surface area contributed by atoms with Gasteiger partial charge in [0.25, 0.3) is 5.91 Å². The number of nitrogens with one attached hydrogen (secondary N) is 2. The summed E-state index contributed by atoms with van der Waals surface area (Å²) in [5, 5.41) is 16.1. The number of hydrogen-bond donors (Lipinski definition) is 4. The number of nitrogen functional groups attached to an aromatic ring is 1. The number of rotatable bonds is 5. The lowest BCUT2D eigenvalue weighted by Crippen LogP contribution is -2.13. The highest BCUT2D eigenvalue weighted by atomic mass is 19.1. The summed E-state index contributed by atoms with van der Waals surface area (Å²) in [5.74, 6) is -0.358. The summed E-state index contributed by atoms with van der Waals surface area (Å²) in [6.45, 7) is 1.90. The number of anilines is 3. The van der Waals surface area contributed by atoms with Crippen LogP contribution in [0, 0.1) is 12.7 Å². The first kappa shape index (κ1) is 19.3. The zero-order valence-electron chi connectivity index (χ0n) is 16.1. The summed E-state index contributed by atoms with van der Waals surface area (Å²) in [6.07, 6.45) is 1.57. The van der Waals surface area contributed by atoms with Crippen LogP contribution in [0.1, 0.15) is 21.7 Å². The van der Waals surface area contributed by atoms with Crippen LogP contribution >= 0.6 is 0 Å². The number of nitrogens with zero attached hydrogens (tertiary/aromatic N) is 1. The molecule has 0 unspecified atom stereocenters. The Balaban J connectivity index is 1.54. The number of aromatic nitrogens is 1. The molecule has 8 heteroatoms. The van der Waals surface area contributed by atoms with Crippen LogP contribution in [0.25, 0.3) is 11.0 Å². The molecule has 4 aromatic rings. The third kappa shape index (κ3) is 3.75. The van der Waals surface area contributed by atoms with Gasteiger partial charge in [0.2, 0.25) is 0 Å². The fraction of sp³-hybridized carbons (Fsp3) is 0.0909. The van der Waals surface area contributed by atoms with Gasteiger partial charge in [0, 0.05) is 34.9 Å². The SMILES string of the molecule is Cc1c(C(=O)Nc2ccc(F)c(CNc3cccnc3N)c2)oc2ccc(O)cc12. The minimum Gasteiger partial charge on any atom is -0.508 e. The van der Waals surface area contributed by atoms with Crippen molar-refractivity contribution in [1.82, 2.24) is 4.98 Å². The molecule has 0 aliphatic carbocycles. The van der Waals surface area contributed by atoms with Crippen LogP contribution in [0.4, 0.5) is 21.6 Å². The number of nitrogens with two attached hydrogens (primary N) is 1. The lowest BCUT2D eigenvalue weighted by atomic mass is 10.1. The quantitative estimate of drug-likeness (QED) is 0.390. The molecule has 4 rings (SSSR count). The van der Waals surface area contributed by atoms with Gasteiger partial charge in [0.1, 0.15) is 23.0 Å². The van der Waals surface area contributed by atoms with Crippen molar-refractivity contribution in [3.05, 3.63) is 77.4 Å². The van der Waals surface area contributed by atoms with E-state index in [-0.39, 0.29) is 18.1 Å². The summed E-state index contributed by atoms with van der Waals surface area (Å²) in [6, 6.07) is 12.4. The number of phenolic OH excluding ortho intramolecular Hbond substituents is 1. The van der Waals surface area contributed by atoms with Crippen LogP contribution in [-0.4, -0.2) is 16.0 Å². The molecule has 2 aromatic heterocycles. The van der Waals surface area contributed by atoms with Crippen LogP contribution in [0.15, 0.2) is 59.1 Å². The second-order valence-electron chi connectivity index (χ2n) is 6.79. The van der Waals surface area contributed by atoms with Crippen molar-refractivity contribution in [1.29, 1.82) is 0 Å². The van der Waals surface area contributed by atoms with Gasteiger partial charge in [-0.15, -0.1) is 0 Å². The lowest BCUT2D eigenvalue weighted by Gasteiger charge is -2.11. The summed E-state index contributed by atoms with van der Waals surface area (Å²) in [7, 11) is 0. The fourth-order valence-electron chi connectivity index (χ4n) is 3.16. The van der Waals surface area contributed by atoms with E-state index in [1.165, 1.54) is 30.3 Å². The molecular weight excluding hydrogens is 387 g/mol. The highest BCUT2D eigenvalue weighted by Gasteiger charge is 2.18. The molecule has 0 aliphatic heterocycles. The molecule has 0 aliphatic rings. The third-order valence-corrected chi connectivity index (χ3v) is 4.74. The molecule has 0 atom stereocenters.